The van der Waals surface area contributed by atoms with Crippen LogP contribution in [0.1, 0.15) is 12.8 Å². The molecule has 1 fully saturated rings. The van der Waals surface area contributed by atoms with Gasteiger partial charge in [-0.2, -0.15) is 0 Å². The van der Waals surface area contributed by atoms with E-state index in [1.54, 1.807) is 6.07 Å². The van der Waals surface area contributed by atoms with Crippen LogP contribution in [-0.4, -0.2) is 9.72 Å². The molecule has 0 bridgehead atoms. The van der Waals surface area contributed by atoms with Gasteiger partial charge in [-0.15, -0.1) is 0 Å². The monoisotopic (exact) mass is 303 g/mol. The third kappa shape index (κ3) is 2.02. The highest BCUT2D eigenvalue weighted by molar-refractivity contribution is 6.09. The van der Waals surface area contributed by atoms with Crippen LogP contribution in [-0.2, 0) is 6.54 Å². The van der Waals surface area contributed by atoms with E-state index >= 15 is 0 Å². The Balaban J connectivity index is 1.77. The number of hydrogen-bond acceptors (Lipinski definition) is 3. The van der Waals surface area contributed by atoms with Crippen molar-refractivity contribution in [2.45, 2.75) is 19.4 Å². The van der Waals surface area contributed by atoms with Gasteiger partial charge in [0.2, 0.25) is 5.88 Å². The molecule has 2 N–H and O–H groups in total. The van der Waals surface area contributed by atoms with Gasteiger partial charge < -0.3 is 14.8 Å². The highest BCUT2D eigenvalue weighted by atomic mass is 16.5. The Morgan fingerprint density at radius 1 is 1.04 bits per heavy atom. The van der Waals surface area contributed by atoms with E-state index in [1.165, 1.54) is 34.6 Å². The number of benzene rings is 2. The number of nitrogens with zero attached hydrogens (tertiary/aromatic N) is 2. The van der Waals surface area contributed by atoms with Crippen molar-refractivity contribution in [1.29, 1.82) is 0 Å². The van der Waals surface area contributed by atoms with Crippen LogP contribution in [0.15, 0.2) is 53.1 Å². The van der Waals surface area contributed by atoms with Crippen molar-refractivity contribution >= 4 is 27.7 Å². The minimum atomic E-state index is 0.344. The molecule has 0 saturated heterocycles. The van der Waals surface area contributed by atoms with Gasteiger partial charge in [-0.3, -0.25) is 0 Å². The summed E-state index contributed by atoms with van der Waals surface area (Å²) in [6.07, 6.45) is 2.70. The maximum Gasteiger partial charge on any atom is 0.222 e. The lowest BCUT2D eigenvalue weighted by Crippen LogP contribution is -1.98. The van der Waals surface area contributed by atoms with Crippen molar-refractivity contribution in [2.75, 3.05) is 5.73 Å². The van der Waals surface area contributed by atoms with Gasteiger partial charge in [-0.1, -0.05) is 29.4 Å². The van der Waals surface area contributed by atoms with Crippen molar-refractivity contribution in [1.82, 2.24) is 9.72 Å². The zero-order valence-corrected chi connectivity index (χ0v) is 12.7. The fourth-order valence-electron chi connectivity index (χ4n) is 3.39. The predicted molar refractivity (Wildman–Crippen MR) is 92.1 cm³/mol. The summed E-state index contributed by atoms with van der Waals surface area (Å²) in [4.78, 5) is 0. The lowest BCUT2D eigenvalue weighted by molar-refractivity contribution is 0.439. The van der Waals surface area contributed by atoms with Gasteiger partial charge in [0.1, 0.15) is 5.69 Å². The van der Waals surface area contributed by atoms with Crippen LogP contribution in [0.25, 0.3) is 33.1 Å². The first-order chi connectivity index (χ1) is 11.3. The lowest BCUT2D eigenvalue weighted by atomic mass is 10.1. The van der Waals surface area contributed by atoms with Gasteiger partial charge in [0.05, 0.1) is 0 Å². The largest absolute Gasteiger partial charge is 0.368 e. The van der Waals surface area contributed by atoms with Gasteiger partial charge in [0.15, 0.2) is 0 Å². The summed E-state index contributed by atoms with van der Waals surface area (Å²) in [5.41, 5.74) is 10.1. The summed E-state index contributed by atoms with van der Waals surface area (Å²) in [7, 11) is 0. The Labute approximate surface area is 133 Å². The number of para-hydroxylation sites is 1. The normalized spacial score (nSPS) is 14.8. The number of fused-ring (bicyclic) bond motifs is 3. The molecule has 4 nitrogen and oxygen atoms in total. The third-order valence-electron chi connectivity index (χ3n) is 4.73. The van der Waals surface area contributed by atoms with Crippen molar-refractivity contribution < 1.29 is 4.52 Å². The molecule has 2 aromatic heterocycles. The summed E-state index contributed by atoms with van der Waals surface area (Å²) in [5.74, 6) is 1.18. The van der Waals surface area contributed by atoms with Crippen molar-refractivity contribution in [3.8, 4) is 11.3 Å². The van der Waals surface area contributed by atoms with Gasteiger partial charge in [-0.05, 0) is 37.0 Å². The molecule has 0 spiro atoms. The second-order valence-corrected chi connectivity index (χ2v) is 6.42. The number of anilines is 1. The second kappa shape index (κ2) is 4.62. The van der Waals surface area contributed by atoms with Gasteiger partial charge in [0.25, 0.3) is 0 Å². The Kier molecular flexibility index (Phi) is 2.56. The molecule has 2 heterocycles. The number of nitrogen functional groups attached to an aromatic ring is 1. The SMILES string of the molecule is Nc1cc(-c2ccc3c(c2)c2ccccc2n3CC2CC2)no1. The Morgan fingerprint density at radius 3 is 2.65 bits per heavy atom. The molecular weight excluding hydrogens is 286 g/mol. The van der Waals surface area contributed by atoms with E-state index in [2.05, 4.69) is 52.2 Å². The quantitative estimate of drug-likeness (QED) is 0.608. The molecule has 1 saturated carbocycles. The Hall–Kier alpha value is -2.75. The molecule has 0 aliphatic heterocycles. The van der Waals surface area contributed by atoms with Crippen LogP contribution < -0.4 is 5.73 Å². The van der Waals surface area contributed by atoms with Crippen molar-refractivity contribution in [3.05, 3.63) is 48.5 Å². The van der Waals surface area contributed by atoms with E-state index in [0.717, 1.165) is 23.7 Å². The van der Waals surface area contributed by atoms with E-state index in [-0.39, 0.29) is 0 Å². The van der Waals surface area contributed by atoms with Crippen LogP contribution in [0.3, 0.4) is 0 Å². The fraction of sp³-hybridized carbons (Fsp3) is 0.211. The van der Waals surface area contributed by atoms with Crippen LogP contribution in [0.5, 0.6) is 0 Å². The molecule has 4 aromatic rings. The number of aromatic nitrogens is 2. The fourth-order valence-corrected chi connectivity index (χ4v) is 3.39. The maximum atomic E-state index is 5.65. The first-order valence-corrected chi connectivity index (χ1v) is 8.03. The summed E-state index contributed by atoms with van der Waals surface area (Å²) < 4.78 is 7.47. The molecule has 0 atom stereocenters. The zero-order valence-electron chi connectivity index (χ0n) is 12.7. The molecule has 4 heteroatoms. The minimum absolute atomic E-state index is 0.344. The zero-order chi connectivity index (χ0) is 15.4. The molecule has 2 aromatic carbocycles. The highest BCUT2D eigenvalue weighted by Crippen LogP contribution is 2.37. The Bertz CT molecular complexity index is 1020. The molecule has 23 heavy (non-hydrogen) atoms. The molecular formula is C19H17N3O. The predicted octanol–water partition coefficient (Wildman–Crippen LogP) is 4.44. The molecule has 114 valence electrons. The molecule has 1 aliphatic carbocycles. The van der Waals surface area contributed by atoms with E-state index < -0.39 is 0 Å². The van der Waals surface area contributed by atoms with Gasteiger partial charge in [0, 0.05) is 40.0 Å². The third-order valence-corrected chi connectivity index (χ3v) is 4.73. The molecule has 0 radical (unpaired) electrons. The topological polar surface area (TPSA) is 57.0 Å². The first-order valence-electron chi connectivity index (χ1n) is 8.03. The Morgan fingerprint density at radius 2 is 1.87 bits per heavy atom. The van der Waals surface area contributed by atoms with E-state index in [1.807, 2.05) is 0 Å². The first kappa shape index (κ1) is 12.8. The number of rotatable bonds is 3. The molecule has 5 rings (SSSR count). The van der Waals surface area contributed by atoms with Crippen LogP contribution in [0.4, 0.5) is 5.88 Å². The number of hydrogen-bond donors (Lipinski definition) is 1. The van der Waals surface area contributed by atoms with Gasteiger partial charge in [-0.25, -0.2) is 0 Å². The minimum Gasteiger partial charge on any atom is -0.368 e. The van der Waals surface area contributed by atoms with E-state index in [4.69, 9.17) is 10.3 Å². The summed E-state index contributed by atoms with van der Waals surface area (Å²) in [6.45, 7) is 1.11. The summed E-state index contributed by atoms with van der Waals surface area (Å²) >= 11 is 0. The second-order valence-electron chi connectivity index (χ2n) is 6.42. The van der Waals surface area contributed by atoms with E-state index in [0.29, 0.717) is 5.88 Å². The lowest BCUT2D eigenvalue weighted by Gasteiger charge is -2.06. The van der Waals surface area contributed by atoms with Crippen LogP contribution >= 0.6 is 0 Å². The van der Waals surface area contributed by atoms with Crippen LogP contribution in [0, 0.1) is 5.92 Å². The summed E-state index contributed by atoms with van der Waals surface area (Å²) in [6, 6.07) is 16.9. The average Bonchev–Trinajstić information content (AvgIpc) is 3.22. The van der Waals surface area contributed by atoms with Crippen molar-refractivity contribution in [2.24, 2.45) is 5.92 Å². The molecule has 1 aliphatic rings. The molecule has 0 unspecified atom stereocenters. The van der Waals surface area contributed by atoms with Crippen LogP contribution in [0.2, 0.25) is 0 Å². The average molecular weight is 303 g/mol. The summed E-state index contributed by atoms with van der Waals surface area (Å²) in [5, 5.41) is 6.59. The number of nitrogens with two attached hydrogens (primary N) is 1. The van der Waals surface area contributed by atoms with Crippen molar-refractivity contribution in [3.63, 3.8) is 0 Å². The molecule has 0 amide bonds. The smallest absolute Gasteiger partial charge is 0.222 e. The van der Waals surface area contributed by atoms with E-state index in [9.17, 15) is 0 Å². The standard InChI is InChI=1S/C19H17N3O/c20-19-10-16(21-23-19)13-7-8-18-15(9-13)14-3-1-2-4-17(14)22(18)11-12-5-6-12/h1-4,7-10,12H,5-6,11,20H2. The highest BCUT2D eigenvalue weighted by Gasteiger charge is 2.23. The van der Waals surface area contributed by atoms with Gasteiger partial charge >= 0.3 is 0 Å². The maximum absolute atomic E-state index is 5.65.